The second kappa shape index (κ2) is 6.48. The molecule has 0 bridgehead atoms. The van der Waals surface area contributed by atoms with Crippen molar-refractivity contribution in [3.8, 4) is 0 Å². The molecule has 0 atom stereocenters. The maximum Gasteiger partial charge on any atom is 0.307 e. The number of carbonyl (C=O) groups excluding carboxylic acids is 1. The molecular formula is C15H14N4O2S. The zero-order valence-corrected chi connectivity index (χ0v) is 12.5. The van der Waals surface area contributed by atoms with Crippen molar-refractivity contribution in [2.24, 2.45) is 0 Å². The predicted octanol–water partition coefficient (Wildman–Crippen LogP) is 2.62. The number of aryl methyl sites for hydroxylation is 1. The van der Waals surface area contributed by atoms with Gasteiger partial charge in [-0.05, 0) is 5.56 Å². The Balaban J connectivity index is 1.58. The molecule has 0 spiro atoms. The smallest absolute Gasteiger partial charge is 0.307 e. The highest BCUT2D eigenvalue weighted by molar-refractivity contribution is 7.71. The number of hydrogen-bond acceptors (Lipinski definition) is 5. The molecule has 0 fully saturated rings. The van der Waals surface area contributed by atoms with Gasteiger partial charge in [0.15, 0.2) is 4.64 Å². The summed E-state index contributed by atoms with van der Waals surface area (Å²) in [5.74, 6) is -0.252. The van der Waals surface area contributed by atoms with Gasteiger partial charge in [-0.2, -0.15) is 0 Å². The Kier molecular flexibility index (Phi) is 4.24. The largest absolute Gasteiger partial charge is 0.461 e. The van der Waals surface area contributed by atoms with Crippen molar-refractivity contribution < 1.29 is 9.53 Å². The number of nitrogens with one attached hydrogen (secondary N) is 1. The summed E-state index contributed by atoms with van der Waals surface area (Å²) in [5.41, 5.74) is 2.37. The lowest BCUT2D eigenvalue weighted by Crippen LogP contribution is -2.09. The molecule has 2 heterocycles. The van der Waals surface area contributed by atoms with Crippen LogP contribution in [0.2, 0.25) is 0 Å². The first-order valence-electron chi connectivity index (χ1n) is 6.82. The Labute approximate surface area is 131 Å². The van der Waals surface area contributed by atoms with Crippen LogP contribution in [0, 0.1) is 4.64 Å². The normalized spacial score (nSPS) is 10.7. The quantitative estimate of drug-likeness (QED) is 0.579. The molecule has 112 valence electrons. The van der Waals surface area contributed by atoms with E-state index in [1.807, 2.05) is 34.9 Å². The lowest BCUT2D eigenvalue weighted by Gasteiger charge is -2.06. The Bertz CT molecular complexity index is 841. The SMILES string of the molecule is O=C(CCn1cnc2c(=S)nc[nH]c21)OCc1ccccc1. The van der Waals surface area contributed by atoms with Crippen LogP contribution in [0.15, 0.2) is 43.0 Å². The number of ether oxygens (including phenoxy) is 1. The van der Waals surface area contributed by atoms with Crippen molar-refractivity contribution in [3.05, 3.63) is 53.2 Å². The first-order valence-corrected chi connectivity index (χ1v) is 7.23. The van der Waals surface area contributed by atoms with Gasteiger partial charge in [0.25, 0.3) is 0 Å². The highest BCUT2D eigenvalue weighted by atomic mass is 32.1. The number of benzene rings is 1. The Morgan fingerprint density at radius 2 is 2.09 bits per heavy atom. The number of hydrogen-bond donors (Lipinski definition) is 1. The van der Waals surface area contributed by atoms with Gasteiger partial charge in [-0.15, -0.1) is 0 Å². The van der Waals surface area contributed by atoms with E-state index in [0.29, 0.717) is 16.7 Å². The van der Waals surface area contributed by atoms with E-state index in [4.69, 9.17) is 17.0 Å². The van der Waals surface area contributed by atoms with Gasteiger partial charge in [0.2, 0.25) is 0 Å². The summed E-state index contributed by atoms with van der Waals surface area (Å²) in [6, 6.07) is 9.59. The molecule has 1 aromatic carbocycles. The Hall–Kier alpha value is -2.54. The number of carbonyl (C=O) groups is 1. The predicted molar refractivity (Wildman–Crippen MR) is 83.6 cm³/mol. The molecule has 0 unspecified atom stereocenters. The van der Waals surface area contributed by atoms with Crippen LogP contribution < -0.4 is 0 Å². The minimum atomic E-state index is -0.252. The van der Waals surface area contributed by atoms with Gasteiger partial charge in [0, 0.05) is 6.54 Å². The second-order valence-electron chi connectivity index (χ2n) is 4.74. The topological polar surface area (TPSA) is 72.8 Å². The number of esters is 1. The van der Waals surface area contributed by atoms with Crippen molar-refractivity contribution in [3.63, 3.8) is 0 Å². The fourth-order valence-corrected chi connectivity index (χ4v) is 2.30. The summed E-state index contributed by atoms with van der Waals surface area (Å²) in [4.78, 5) is 23.0. The molecule has 7 heteroatoms. The maximum atomic E-state index is 11.8. The average molecular weight is 314 g/mol. The van der Waals surface area contributed by atoms with E-state index >= 15 is 0 Å². The molecule has 22 heavy (non-hydrogen) atoms. The molecular weight excluding hydrogens is 300 g/mol. The molecule has 0 aliphatic rings. The highest BCUT2D eigenvalue weighted by Gasteiger charge is 2.08. The van der Waals surface area contributed by atoms with Crippen LogP contribution in [0.5, 0.6) is 0 Å². The lowest BCUT2D eigenvalue weighted by atomic mass is 10.2. The van der Waals surface area contributed by atoms with E-state index in [1.165, 1.54) is 6.33 Å². The van der Waals surface area contributed by atoms with Gasteiger partial charge in [-0.3, -0.25) is 4.79 Å². The standard InChI is InChI=1S/C15H14N4O2S/c20-12(21-8-11-4-2-1-3-5-11)6-7-19-10-18-13-14(19)16-9-17-15(13)22/h1-5,9-10H,6-8H2,(H,16,17,22). The Morgan fingerprint density at radius 1 is 1.27 bits per heavy atom. The number of H-pyrrole nitrogens is 1. The van der Waals surface area contributed by atoms with Crippen molar-refractivity contribution in [2.75, 3.05) is 0 Å². The molecule has 1 N–H and O–H groups in total. The minimum absolute atomic E-state index is 0.252. The molecule has 3 aromatic rings. The van der Waals surface area contributed by atoms with E-state index in [0.717, 1.165) is 11.2 Å². The number of fused-ring (bicyclic) bond motifs is 1. The average Bonchev–Trinajstić information content (AvgIpc) is 2.96. The summed E-state index contributed by atoms with van der Waals surface area (Å²) in [6.45, 7) is 0.760. The van der Waals surface area contributed by atoms with Gasteiger partial charge >= 0.3 is 5.97 Å². The van der Waals surface area contributed by atoms with Gasteiger partial charge in [-0.25, -0.2) is 9.97 Å². The van der Waals surface area contributed by atoms with E-state index in [2.05, 4.69) is 15.0 Å². The summed E-state index contributed by atoms with van der Waals surface area (Å²) in [7, 11) is 0. The van der Waals surface area contributed by atoms with Crippen molar-refractivity contribution >= 4 is 29.4 Å². The third-order valence-electron chi connectivity index (χ3n) is 3.22. The zero-order chi connectivity index (χ0) is 15.4. The third-order valence-corrected chi connectivity index (χ3v) is 3.52. The molecule has 0 saturated carbocycles. The number of rotatable bonds is 5. The molecule has 0 radical (unpaired) electrons. The number of nitrogens with zero attached hydrogens (tertiary/aromatic N) is 3. The molecule has 3 rings (SSSR count). The van der Waals surface area contributed by atoms with Crippen LogP contribution in [0.25, 0.3) is 11.2 Å². The van der Waals surface area contributed by atoms with Crippen molar-refractivity contribution in [2.45, 2.75) is 19.6 Å². The van der Waals surface area contributed by atoms with Gasteiger partial charge in [0.1, 0.15) is 17.8 Å². The van der Waals surface area contributed by atoms with Crippen molar-refractivity contribution in [1.29, 1.82) is 0 Å². The summed E-state index contributed by atoms with van der Waals surface area (Å²) >= 11 is 5.10. The molecule has 6 nitrogen and oxygen atoms in total. The van der Waals surface area contributed by atoms with Gasteiger partial charge < -0.3 is 14.3 Å². The number of aromatic amines is 1. The molecule has 0 aliphatic heterocycles. The van der Waals surface area contributed by atoms with Gasteiger partial charge in [-0.1, -0.05) is 42.5 Å². The van der Waals surface area contributed by atoms with Crippen LogP contribution in [-0.4, -0.2) is 25.5 Å². The van der Waals surface area contributed by atoms with Crippen LogP contribution in [0.3, 0.4) is 0 Å². The first-order chi connectivity index (χ1) is 10.7. The number of aromatic nitrogens is 4. The zero-order valence-electron chi connectivity index (χ0n) is 11.7. The third kappa shape index (κ3) is 3.20. The molecule has 0 saturated heterocycles. The fraction of sp³-hybridized carbons (Fsp3) is 0.200. The summed E-state index contributed by atoms with van der Waals surface area (Å²) < 4.78 is 7.52. The van der Waals surface area contributed by atoms with Crippen LogP contribution in [0.4, 0.5) is 0 Å². The monoisotopic (exact) mass is 314 g/mol. The van der Waals surface area contributed by atoms with E-state index in [1.54, 1.807) is 6.33 Å². The molecule has 0 amide bonds. The van der Waals surface area contributed by atoms with Crippen LogP contribution >= 0.6 is 12.2 Å². The summed E-state index contributed by atoms with van der Waals surface area (Å²) in [6.07, 6.45) is 3.43. The van der Waals surface area contributed by atoms with E-state index in [9.17, 15) is 4.79 Å². The molecule has 0 aliphatic carbocycles. The number of imidazole rings is 1. The Morgan fingerprint density at radius 3 is 2.91 bits per heavy atom. The second-order valence-corrected chi connectivity index (χ2v) is 5.13. The fourth-order valence-electron chi connectivity index (χ4n) is 2.09. The van der Waals surface area contributed by atoms with E-state index in [-0.39, 0.29) is 19.0 Å². The van der Waals surface area contributed by atoms with Crippen molar-refractivity contribution in [1.82, 2.24) is 19.5 Å². The van der Waals surface area contributed by atoms with Crippen LogP contribution in [0.1, 0.15) is 12.0 Å². The first kappa shape index (κ1) is 14.4. The maximum absolute atomic E-state index is 11.8. The van der Waals surface area contributed by atoms with E-state index < -0.39 is 0 Å². The minimum Gasteiger partial charge on any atom is -0.461 e. The highest BCUT2D eigenvalue weighted by Crippen LogP contribution is 2.10. The molecule has 2 aromatic heterocycles. The van der Waals surface area contributed by atoms with Crippen LogP contribution in [-0.2, 0) is 22.7 Å². The lowest BCUT2D eigenvalue weighted by molar-refractivity contribution is -0.145. The summed E-state index contributed by atoms with van der Waals surface area (Å²) in [5, 5.41) is 0. The van der Waals surface area contributed by atoms with Gasteiger partial charge in [0.05, 0.1) is 19.1 Å².